The molecule has 138 valence electrons. The molecule has 26 heavy (non-hydrogen) atoms. The van der Waals surface area contributed by atoms with Crippen LogP contribution in [0.2, 0.25) is 0 Å². The van der Waals surface area contributed by atoms with Crippen molar-refractivity contribution >= 4 is 28.9 Å². The maximum absolute atomic E-state index is 12.4. The van der Waals surface area contributed by atoms with Crippen LogP contribution in [0.4, 0.5) is 5.69 Å². The standard InChI is InChI=1S/C19H22N2O4S/c1-19(2,18(23)24)25-15-6-3-5-14(13-15)20-8-10-21(11-9-20)17(22)16-7-4-12-26-16/h3-7,12-13H,8-11H2,1-2H3,(H,23,24). The number of benzene rings is 1. The number of thiophene rings is 1. The Kier molecular flexibility index (Phi) is 5.18. The number of carbonyl (C=O) groups is 2. The molecule has 7 heteroatoms. The number of aliphatic carboxylic acids is 1. The van der Waals surface area contributed by atoms with Crippen LogP contribution in [0, 0.1) is 0 Å². The summed E-state index contributed by atoms with van der Waals surface area (Å²) in [6.07, 6.45) is 0. The van der Waals surface area contributed by atoms with Gasteiger partial charge in [-0.05, 0) is 37.4 Å². The molecule has 1 saturated heterocycles. The zero-order valence-electron chi connectivity index (χ0n) is 14.8. The minimum absolute atomic E-state index is 0.0833. The largest absolute Gasteiger partial charge is 0.478 e. The second-order valence-corrected chi connectivity index (χ2v) is 7.62. The first-order valence-corrected chi connectivity index (χ1v) is 9.35. The number of carbonyl (C=O) groups excluding carboxylic acids is 1. The minimum Gasteiger partial charge on any atom is -0.478 e. The van der Waals surface area contributed by atoms with Gasteiger partial charge in [0.15, 0.2) is 5.60 Å². The second kappa shape index (κ2) is 7.37. The van der Waals surface area contributed by atoms with Crippen molar-refractivity contribution in [3.05, 3.63) is 46.7 Å². The number of hydrogen-bond donors (Lipinski definition) is 1. The molecule has 0 bridgehead atoms. The van der Waals surface area contributed by atoms with Gasteiger partial charge in [-0.2, -0.15) is 0 Å². The fourth-order valence-corrected chi connectivity index (χ4v) is 3.50. The molecule has 1 fully saturated rings. The van der Waals surface area contributed by atoms with Gasteiger partial charge in [-0.3, -0.25) is 4.79 Å². The van der Waals surface area contributed by atoms with Gasteiger partial charge >= 0.3 is 5.97 Å². The molecule has 1 aliphatic heterocycles. The Labute approximate surface area is 156 Å². The number of rotatable bonds is 5. The Morgan fingerprint density at radius 3 is 2.46 bits per heavy atom. The molecule has 2 heterocycles. The van der Waals surface area contributed by atoms with E-state index >= 15 is 0 Å². The van der Waals surface area contributed by atoms with Crippen molar-refractivity contribution in [1.82, 2.24) is 4.90 Å². The number of carboxylic acid groups (broad SMARTS) is 1. The first-order valence-electron chi connectivity index (χ1n) is 8.47. The van der Waals surface area contributed by atoms with Crippen molar-refractivity contribution < 1.29 is 19.4 Å². The molecule has 1 amide bonds. The Morgan fingerprint density at radius 2 is 1.85 bits per heavy atom. The molecular formula is C19H22N2O4S. The molecule has 0 saturated carbocycles. The number of amides is 1. The van der Waals surface area contributed by atoms with E-state index in [0.717, 1.165) is 23.7 Å². The van der Waals surface area contributed by atoms with Crippen molar-refractivity contribution in [3.8, 4) is 5.75 Å². The van der Waals surface area contributed by atoms with E-state index in [2.05, 4.69) is 4.90 Å². The summed E-state index contributed by atoms with van der Waals surface area (Å²) in [5.41, 5.74) is -0.323. The lowest BCUT2D eigenvalue weighted by Gasteiger charge is -2.36. The van der Waals surface area contributed by atoms with E-state index in [1.807, 2.05) is 40.6 Å². The number of anilines is 1. The van der Waals surface area contributed by atoms with Gasteiger partial charge in [0.2, 0.25) is 0 Å². The molecule has 1 aromatic carbocycles. The van der Waals surface area contributed by atoms with Gasteiger partial charge < -0.3 is 19.6 Å². The summed E-state index contributed by atoms with van der Waals surface area (Å²) >= 11 is 1.46. The number of piperazine rings is 1. The average Bonchev–Trinajstić information content (AvgIpc) is 3.15. The molecule has 3 rings (SSSR count). The Hall–Kier alpha value is -2.54. The van der Waals surface area contributed by atoms with E-state index < -0.39 is 11.6 Å². The molecule has 1 aliphatic rings. The first-order chi connectivity index (χ1) is 12.4. The van der Waals surface area contributed by atoms with Crippen molar-refractivity contribution in [2.24, 2.45) is 0 Å². The molecule has 0 aliphatic carbocycles. The van der Waals surface area contributed by atoms with Crippen molar-refractivity contribution in [3.63, 3.8) is 0 Å². The fraction of sp³-hybridized carbons (Fsp3) is 0.368. The molecule has 0 unspecified atom stereocenters. The predicted molar refractivity (Wildman–Crippen MR) is 101 cm³/mol. The van der Waals surface area contributed by atoms with E-state index in [1.54, 1.807) is 6.07 Å². The van der Waals surface area contributed by atoms with Crippen molar-refractivity contribution in [2.45, 2.75) is 19.4 Å². The fourth-order valence-electron chi connectivity index (χ4n) is 2.81. The van der Waals surface area contributed by atoms with Crippen molar-refractivity contribution in [2.75, 3.05) is 31.1 Å². The van der Waals surface area contributed by atoms with E-state index in [-0.39, 0.29) is 5.91 Å². The third-order valence-corrected chi connectivity index (χ3v) is 5.23. The van der Waals surface area contributed by atoms with Gasteiger partial charge in [-0.15, -0.1) is 11.3 Å². The van der Waals surface area contributed by atoms with Crippen LogP contribution in [-0.2, 0) is 4.79 Å². The highest BCUT2D eigenvalue weighted by Crippen LogP contribution is 2.26. The number of hydrogen-bond acceptors (Lipinski definition) is 5. The maximum atomic E-state index is 12.4. The lowest BCUT2D eigenvalue weighted by atomic mass is 10.1. The van der Waals surface area contributed by atoms with Crippen LogP contribution in [0.1, 0.15) is 23.5 Å². The van der Waals surface area contributed by atoms with E-state index in [4.69, 9.17) is 4.74 Å². The smallest absolute Gasteiger partial charge is 0.347 e. The third kappa shape index (κ3) is 3.99. The van der Waals surface area contributed by atoms with Gasteiger partial charge in [0.25, 0.3) is 5.91 Å². The van der Waals surface area contributed by atoms with Crippen molar-refractivity contribution in [1.29, 1.82) is 0 Å². The normalized spacial score (nSPS) is 15.0. The van der Waals surface area contributed by atoms with Gasteiger partial charge in [-0.25, -0.2) is 4.79 Å². The van der Waals surface area contributed by atoms with Crippen LogP contribution in [-0.4, -0.2) is 53.7 Å². The molecule has 1 aromatic heterocycles. The summed E-state index contributed by atoms with van der Waals surface area (Å²) < 4.78 is 5.61. The number of carboxylic acids is 1. The Bertz CT molecular complexity index is 781. The van der Waals surface area contributed by atoms with Gasteiger partial charge in [-0.1, -0.05) is 12.1 Å². The molecule has 0 spiro atoms. The molecule has 2 aromatic rings. The third-order valence-electron chi connectivity index (χ3n) is 4.37. The average molecular weight is 374 g/mol. The van der Waals surface area contributed by atoms with Crippen LogP contribution < -0.4 is 9.64 Å². The van der Waals surface area contributed by atoms with Crippen LogP contribution in [0.25, 0.3) is 0 Å². The van der Waals surface area contributed by atoms with E-state index in [0.29, 0.717) is 18.8 Å². The summed E-state index contributed by atoms with van der Waals surface area (Å²) in [5.74, 6) is -0.407. The summed E-state index contributed by atoms with van der Waals surface area (Å²) in [6.45, 7) is 5.81. The zero-order valence-corrected chi connectivity index (χ0v) is 15.7. The SMILES string of the molecule is CC(C)(Oc1cccc(N2CCN(C(=O)c3cccs3)CC2)c1)C(=O)O. The predicted octanol–water partition coefficient (Wildman–Crippen LogP) is 2.95. The lowest BCUT2D eigenvalue weighted by molar-refractivity contribution is -0.152. The second-order valence-electron chi connectivity index (χ2n) is 6.67. The highest BCUT2D eigenvalue weighted by Gasteiger charge is 2.29. The lowest BCUT2D eigenvalue weighted by Crippen LogP contribution is -2.48. The molecule has 6 nitrogen and oxygen atoms in total. The van der Waals surface area contributed by atoms with Gasteiger partial charge in [0, 0.05) is 37.9 Å². The minimum atomic E-state index is -1.29. The Morgan fingerprint density at radius 1 is 1.12 bits per heavy atom. The molecule has 1 N–H and O–H groups in total. The van der Waals surface area contributed by atoms with Crippen LogP contribution >= 0.6 is 11.3 Å². The van der Waals surface area contributed by atoms with Crippen LogP contribution in [0.5, 0.6) is 5.75 Å². The number of nitrogens with zero attached hydrogens (tertiary/aromatic N) is 2. The topological polar surface area (TPSA) is 70.1 Å². The van der Waals surface area contributed by atoms with Crippen LogP contribution in [0.15, 0.2) is 41.8 Å². The highest BCUT2D eigenvalue weighted by atomic mass is 32.1. The van der Waals surface area contributed by atoms with E-state index in [9.17, 15) is 14.7 Å². The molecular weight excluding hydrogens is 352 g/mol. The molecule has 0 atom stereocenters. The quantitative estimate of drug-likeness (QED) is 0.871. The van der Waals surface area contributed by atoms with Gasteiger partial charge in [0.05, 0.1) is 4.88 Å². The zero-order chi connectivity index (χ0) is 18.7. The summed E-state index contributed by atoms with van der Waals surface area (Å²) in [5, 5.41) is 11.1. The van der Waals surface area contributed by atoms with E-state index in [1.165, 1.54) is 25.2 Å². The summed E-state index contributed by atoms with van der Waals surface area (Å²) in [7, 11) is 0. The number of ether oxygens (including phenoxy) is 1. The van der Waals surface area contributed by atoms with Gasteiger partial charge in [0.1, 0.15) is 5.75 Å². The first kappa shape index (κ1) is 18.3. The summed E-state index contributed by atoms with van der Waals surface area (Å²) in [4.78, 5) is 28.5. The summed E-state index contributed by atoms with van der Waals surface area (Å²) in [6, 6.07) is 11.2. The van der Waals surface area contributed by atoms with Crippen LogP contribution in [0.3, 0.4) is 0 Å². The Balaban J connectivity index is 1.64. The monoisotopic (exact) mass is 374 g/mol. The highest BCUT2D eigenvalue weighted by molar-refractivity contribution is 7.12. The maximum Gasteiger partial charge on any atom is 0.347 e. The molecule has 0 radical (unpaired) electrons.